The molecule has 2 unspecified atom stereocenters. The van der Waals surface area contributed by atoms with Gasteiger partial charge in [-0.3, -0.25) is 4.90 Å². The zero-order valence-corrected chi connectivity index (χ0v) is 12.3. The molecular weight excluding hydrogens is 234 g/mol. The van der Waals surface area contributed by atoms with Crippen LogP contribution >= 0.6 is 0 Å². The highest BCUT2D eigenvalue weighted by Gasteiger charge is 2.25. The highest BCUT2D eigenvalue weighted by Crippen LogP contribution is 2.18. The largest absolute Gasteiger partial charge is 0.330 e. The van der Waals surface area contributed by atoms with Gasteiger partial charge in [0.15, 0.2) is 0 Å². The molecule has 2 N–H and O–H groups in total. The van der Waals surface area contributed by atoms with Crippen LogP contribution in [0.25, 0.3) is 0 Å². The number of hydrogen-bond acceptors (Lipinski definition) is 3. The lowest BCUT2D eigenvalue weighted by molar-refractivity contribution is 0.169. The molecule has 3 heteroatoms. The fourth-order valence-corrected chi connectivity index (χ4v) is 2.89. The van der Waals surface area contributed by atoms with Gasteiger partial charge in [-0.25, -0.2) is 0 Å². The van der Waals surface area contributed by atoms with Crippen molar-refractivity contribution >= 4 is 0 Å². The Morgan fingerprint density at radius 1 is 1.26 bits per heavy atom. The van der Waals surface area contributed by atoms with E-state index in [1.807, 2.05) is 0 Å². The van der Waals surface area contributed by atoms with E-state index in [2.05, 4.69) is 54.1 Å². The molecule has 0 radical (unpaired) electrons. The first-order chi connectivity index (χ1) is 9.20. The maximum absolute atomic E-state index is 5.76. The van der Waals surface area contributed by atoms with Gasteiger partial charge in [-0.1, -0.05) is 30.3 Å². The predicted molar refractivity (Wildman–Crippen MR) is 81.0 cm³/mol. The maximum atomic E-state index is 5.76. The molecule has 0 spiro atoms. The summed E-state index contributed by atoms with van der Waals surface area (Å²) in [5.41, 5.74) is 7.17. The molecule has 1 saturated heterocycles. The molecule has 1 aromatic rings. The van der Waals surface area contributed by atoms with Crippen molar-refractivity contribution in [3.05, 3.63) is 35.9 Å². The second kappa shape index (κ2) is 7.04. The summed E-state index contributed by atoms with van der Waals surface area (Å²) in [6, 6.07) is 12.0. The van der Waals surface area contributed by atoms with Crippen LogP contribution in [0.5, 0.6) is 0 Å². The molecule has 2 rings (SSSR count). The first-order valence-corrected chi connectivity index (χ1v) is 7.39. The Hall–Kier alpha value is -0.900. The third-order valence-electron chi connectivity index (χ3n) is 4.32. The van der Waals surface area contributed by atoms with Crippen molar-refractivity contribution in [1.82, 2.24) is 9.80 Å². The van der Waals surface area contributed by atoms with E-state index in [9.17, 15) is 0 Å². The minimum Gasteiger partial charge on any atom is -0.330 e. The van der Waals surface area contributed by atoms with Crippen LogP contribution in [-0.2, 0) is 6.54 Å². The molecule has 3 nitrogen and oxygen atoms in total. The van der Waals surface area contributed by atoms with E-state index in [-0.39, 0.29) is 0 Å². The number of rotatable bonds is 4. The van der Waals surface area contributed by atoms with Gasteiger partial charge in [-0.15, -0.1) is 0 Å². The van der Waals surface area contributed by atoms with Crippen LogP contribution in [0.3, 0.4) is 0 Å². The van der Waals surface area contributed by atoms with E-state index in [0.29, 0.717) is 12.1 Å². The van der Waals surface area contributed by atoms with Crippen molar-refractivity contribution in [2.75, 3.05) is 26.7 Å². The van der Waals surface area contributed by atoms with E-state index >= 15 is 0 Å². The monoisotopic (exact) mass is 261 g/mol. The highest BCUT2D eigenvalue weighted by atomic mass is 15.2. The lowest BCUT2D eigenvalue weighted by Crippen LogP contribution is -2.41. The molecule has 1 aliphatic heterocycles. The first kappa shape index (κ1) is 14.5. The smallest absolute Gasteiger partial charge is 0.0237 e. The lowest BCUT2D eigenvalue weighted by atomic mass is 10.1. The summed E-state index contributed by atoms with van der Waals surface area (Å²) >= 11 is 0. The maximum Gasteiger partial charge on any atom is 0.0237 e. The topological polar surface area (TPSA) is 32.5 Å². The second-order valence-corrected chi connectivity index (χ2v) is 5.76. The number of benzene rings is 1. The van der Waals surface area contributed by atoms with Gasteiger partial charge < -0.3 is 10.6 Å². The van der Waals surface area contributed by atoms with Gasteiger partial charge in [-0.05, 0) is 45.5 Å². The summed E-state index contributed by atoms with van der Waals surface area (Å²) < 4.78 is 0. The highest BCUT2D eigenvalue weighted by molar-refractivity contribution is 5.14. The molecule has 0 amide bonds. The summed E-state index contributed by atoms with van der Waals surface area (Å²) in [5.74, 6) is 0. The quantitative estimate of drug-likeness (QED) is 0.899. The standard InChI is InChI=1S/C16H27N3/c1-14-9-11-18(2)16(8-10-17)13-19(14)12-15-6-4-3-5-7-15/h3-7,14,16H,8-13,17H2,1-2H3. The van der Waals surface area contributed by atoms with E-state index < -0.39 is 0 Å². The molecule has 106 valence electrons. The van der Waals surface area contributed by atoms with E-state index in [4.69, 9.17) is 5.73 Å². The molecule has 1 aromatic carbocycles. The zero-order valence-electron chi connectivity index (χ0n) is 12.3. The minimum absolute atomic E-state index is 0.596. The number of likely N-dealkylation sites (N-methyl/N-ethyl adjacent to an activating group) is 1. The fraction of sp³-hybridized carbons (Fsp3) is 0.625. The molecule has 1 heterocycles. The summed E-state index contributed by atoms with van der Waals surface area (Å²) in [7, 11) is 2.24. The first-order valence-electron chi connectivity index (χ1n) is 7.39. The molecule has 19 heavy (non-hydrogen) atoms. The fourth-order valence-electron chi connectivity index (χ4n) is 2.89. The Bertz CT molecular complexity index is 366. The van der Waals surface area contributed by atoms with E-state index in [0.717, 1.165) is 26.1 Å². The lowest BCUT2D eigenvalue weighted by Gasteiger charge is -2.31. The number of nitrogens with zero attached hydrogens (tertiary/aromatic N) is 2. The van der Waals surface area contributed by atoms with Gasteiger partial charge in [0.05, 0.1) is 0 Å². The third-order valence-corrected chi connectivity index (χ3v) is 4.32. The Morgan fingerprint density at radius 2 is 2.00 bits per heavy atom. The summed E-state index contributed by atoms with van der Waals surface area (Å²) in [6.07, 6.45) is 2.33. The van der Waals surface area contributed by atoms with Crippen LogP contribution in [0.4, 0.5) is 0 Å². The van der Waals surface area contributed by atoms with Crippen LogP contribution < -0.4 is 5.73 Å². The molecule has 1 fully saturated rings. The van der Waals surface area contributed by atoms with Crippen LogP contribution in [0.15, 0.2) is 30.3 Å². The number of nitrogens with two attached hydrogens (primary N) is 1. The zero-order chi connectivity index (χ0) is 13.7. The molecule has 0 saturated carbocycles. The Labute approximate surface area is 117 Å². The molecule has 2 atom stereocenters. The van der Waals surface area contributed by atoms with E-state index in [1.165, 1.54) is 18.5 Å². The van der Waals surface area contributed by atoms with Crippen molar-refractivity contribution in [2.24, 2.45) is 5.73 Å². The van der Waals surface area contributed by atoms with Crippen molar-refractivity contribution < 1.29 is 0 Å². The molecule has 0 bridgehead atoms. The average molecular weight is 261 g/mol. The second-order valence-electron chi connectivity index (χ2n) is 5.76. The Balaban J connectivity index is 2.04. The minimum atomic E-state index is 0.596. The number of hydrogen-bond donors (Lipinski definition) is 1. The summed E-state index contributed by atoms with van der Waals surface area (Å²) in [5, 5.41) is 0. The van der Waals surface area contributed by atoms with Gasteiger partial charge in [0, 0.05) is 25.2 Å². The van der Waals surface area contributed by atoms with Crippen molar-refractivity contribution in [2.45, 2.75) is 38.4 Å². The van der Waals surface area contributed by atoms with Crippen molar-refractivity contribution in [1.29, 1.82) is 0 Å². The van der Waals surface area contributed by atoms with Crippen molar-refractivity contribution in [3.8, 4) is 0 Å². The van der Waals surface area contributed by atoms with E-state index in [1.54, 1.807) is 0 Å². The molecule has 0 aliphatic carbocycles. The third kappa shape index (κ3) is 4.03. The molecule has 1 aliphatic rings. The molecule has 0 aromatic heterocycles. The predicted octanol–water partition coefficient (Wildman–Crippen LogP) is 1.93. The van der Waals surface area contributed by atoms with Crippen LogP contribution in [0.2, 0.25) is 0 Å². The molecular formula is C16H27N3. The SMILES string of the molecule is CC1CCN(C)C(CCN)CN1Cc1ccccc1. The van der Waals surface area contributed by atoms with Crippen LogP contribution in [0, 0.1) is 0 Å². The van der Waals surface area contributed by atoms with Gasteiger partial charge in [-0.2, -0.15) is 0 Å². The van der Waals surface area contributed by atoms with Gasteiger partial charge >= 0.3 is 0 Å². The average Bonchev–Trinajstić information content (AvgIpc) is 2.55. The van der Waals surface area contributed by atoms with Gasteiger partial charge in [0.25, 0.3) is 0 Å². The van der Waals surface area contributed by atoms with Crippen LogP contribution in [-0.4, -0.2) is 48.6 Å². The van der Waals surface area contributed by atoms with Crippen molar-refractivity contribution in [3.63, 3.8) is 0 Å². The van der Waals surface area contributed by atoms with Gasteiger partial charge in [0.1, 0.15) is 0 Å². The normalized spacial score (nSPS) is 26.3. The van der Waals surface area contributed by atoms with Gasteiger partial charge in [0.2, 0.25) is 0 Å². The van der Waals surface area contributed by atoms with Crippen LogP contribution in [0.1, 0.15) is 25.3 Å². The Morgan fingerprint density at radius 3 is 2.68 bits per heavy atom. The summed E-state index contributed by atoms with van der Waals surface area (Å²) in [6.45, 7) is 6.49. The Kier molecular flexibility index (Phi) is 5.37. The summed E-state index contributed by atoms with van der Waals surface area (Å²) in [4.78, 5) is 5.09.